The molecular formula is C15H17FN4O3S. The maximum Gasteiger partial charge on any atom is 0.225 e. The van der Waals surface area contributed by atoms with Gasteiger partial charge in [0.2, 0.25) is 17.6 Å². The summed E-state index contributed by atoms with van der Waals surface area (Å²) in [6, 6.07) is 2.76. The standard InChI is InChI=1S/C15H17FN4O3S/c1-2-20(24(23)18-8-21)14-12(22)6-5-10(13(14)16)11-7-17-15(19-11)9-3-4-9/h5-9,22H,2-4H2,1H3,(H,17,19)(H,18,21). The van der Waals surface area contributed by atoms with Gasteiger partial charge < -0.3 is 10.1 Å². The largest absolute Gasteiger partial charge is 0.506 e. The number of aromatic amines is 1. The summed E-state index contributed by atoms with van der Waals surface area (Å²) in [5.41, 5.74) is 0.467. The molecule has 1 fully saturated rings. The van der Waals surface area contributed by atoms with Gasteiger partial charge in [0.05, 0.1) is 11.9 Å². The molecule has 1 aromatic heterocycles. The van der Waals surface area contributed by atoms with Gasteiger partial charge in [-0.1, -0.05) is 0 Å². The number of carbonyl (C=O) groups is 1. The third-order valence-corrected chi connectivity index (χ3v) is 4.97. The molecule has 1 saturated carbocycles. The first-order chi connectivity index (χ1) is 11.6. The second-order valence-corrected chi connectivity index (χ2v) is 6.61. The van der Waals surface area contributed by atoms with Crippen molar-refractivity contribution < 1.29 is 18.5 Å². The van der Waals surface area contributed by atoms with E-state index in [0.29, 0.717) is 11.6 Å². The van der Waals surface area contributed by atoms with Gasteiger partial charge in [0.15, 0.2) is 5.82 Å². The summed E-state index contributed by atoms with van der Waals surface area (Å²) in [5, 5.41) is 10.0. The fraction of sp³-hybridized carbons (Fsp3) is 0.333. The Morgan fingerprint density at radius 2 is 2.29 bits per heavy atom. The zero-order valence-electron chi connectivity index (χ0n) is 13.0. The maximum absolute atomic E-state index is 15.0. The highest BCUT2D eigenvalue weighted by Gasteiger charge is 2.28. The number of hydrogen-bond donors (Lipinski definition) is 3. The lowest BCUT2D eigenvalue weighted by molar-refractivity contribution is -0.108. The predicted molar refractivity (Wildman–Crippen MR) is 88.0 cm³/mol. The van der Waals surface area contributed by atoms with Gasteiger partial charge in [0.1, 0.15) is 17.3 Å². The summed E-state index contributed by atoms with van der Waals surface area (Å²) in [7, 11) is 0. The Hall–Kier alpha value is -2.42. The second-order valence-electron chi connectivity index (χ2n) is 5.43. The molecular weight excluding hydrogens is 335 g/mol. The van der Waals surface area contributed by atoms with E-state index in [1.165, 1.54) is 12.1 Å². The van der Waals surface area contributed by atoms with Crippen molar-refractivity contribution in [3.8, 4) is 17.0 Å². The van der Waals surface area contributed by atoms with Gasteiger partial charge >= 0.3 is 0 Å². The van der Waals surface area contributed by atoms with Gasteiger partial charge in [-0.25, -0.2) is 13.6 Å². The van der Waals surface area contributed by atoms with Crippen LogP contribution in [0.25, 0.3) is 11.3 Å². The van der Waals surface area contributed by atoms with Gasteiger partial charge in [-0.2, -0.15) is 0 Å². The van der Waals surface area contributed by atoms with E-state index in [0.717, 1.165) is 23.0 Å². The maximum atomic E-state index is 15.0. The van der Waals surface area contributed by atoms with Crippen LogP contribution in [0, 0.1) is 5.82 Å². The molecule has 1 aliphatic carbocycles. The third-order valence-electron chi connectivity index (χ3n) is 3.83. The zero-order valence-corrected chi connectivity index (χ0v) is 13.8. The van der Waals surface area contributed by atoms with Crippen molar-refractivity contribution in [2.75, 3.05) is 10.8 Å². The number of H-pyrrole nitrogens is 1. The van der Waals surface area contributed by atoms with Crippen molar-refractivity contribution in [3.63, 3.8) is 0 Å². The molecule has 128 valence electrons. The lowest BCUT2D eigenvalue weighted by Gasteiger charge is -2.22. The summed E-state index contributed by atoms with van der Waals surface area (Å²) in [5.74, 6) is 0.123. The first kappa shape index (κ1) is 16.4. The molecule has 1 unspecified atom stereocenters. The monoisotopic (exact) mass is 352 g/mol. The molecule has 9 heteroatoms. The van der Waals surface area contributed by atoms with E-state index in [-0.39, 0.29) is 30.0 Å². The quantitative estimate of drug-likeness (QED) is 0.663. The molecule has 1 heterocycles. The minimum atomic E-state index is -2.00. The number of nitrogens with zero attached hydrogens (tertiary/aromatic N) is 2. The molecule has 0 spiro atoms. The number of rotatable bonds is 7. The topological polar surface area (TPSA) is 98.3 Å². The summed E-state index contributed by atoms with van der Waals surface area (Å²) in [6.07, 6.45) is 3.94. The Morgan fingerprint density at radius 1 is 1.54 bits per heavy atom. The molecule has 3 N–H and O–H groups in total. The summed E-state index contributed by atoms with van der Waals surface area (Å²) >= 11 is -2.00. The van der Waals surface area contributed by atoms with E-state index < -0.39 is 17.0 Å². The lowest BCUT2D eigenvalue weighted by atomic mass is 10.1. The van der Waals surface area contributed by atoms with E-state index in [2.05, 4.69) is 14.7 Å². The molecule has 0 saturated heterocycles. The van der Waals surface area contributed by atoms with Crippen LogP contribution in [0.2, 0.25) is 0 Å². The van der Waals surface area contributed by atoms with Gasteiger partial charge in [-0.05, 0) is 31.9 Å². The molecule has 7 nitrogen and oxygen atoms in total. The second kappa shape index (κ2) is 6.60. The number of aromatic hydroxyl groups is 1. The van der Waals surface area contributed by atoms with Gasteiger partial charge in [-0.15, -0.1) is 0 Å². The van der Waals surface area contributed by atoms with Crippen molar-refractivity contribution in [2.45, 2.75) is 25.7 Å². The Balaban J connectivity index is 2.02. The highest BCUT2D eigenvalue weighted by Crippen LogP contribution is 2.40. The average molecular weight is 352 g/mol. The Morgan fingerprint density at radius 3 is 2.92 bits per heavy atom. The number of benzene rings is 1. The van der Waals surface area contributed by atoms with Crippen molar-refractivity contribution in [2.24, 2.45) is 0 Å². The number of amides is 1. The van der Waals surface area contributed by atoms with Crippen LogP contribution in [0.3, 0.4) is 0 Å². The molecule has 24 heavy (non-hydrogen) atoms. The van der Waals surface area contributed by atoms with Crippen molar-refractivity contribution in [1.29, 1.82) is 0 Å². The van der Waals surface area contributed by atoms with Crippen LogP contribution in [-0.2, 0) is 16.0 Å². The molecule has 1 aliphatic rings. The number of hydrogen-bond acceptors (Lipinski definition) is 4. The predicted octanol–water partition coefficient (Wildman–Crippen LogP) is 1.95. The van der Waals surface area contributed by atoms with Gasteiger partial charge in [0.25, 0.3) is 0 Å². The minimum absolute atomic E-state index is 0.123. The van der Waals surface area contributed by atoms with Crippen LogP contribution in [0.5, 0.6) is 5.75 Å². The van der Waals surface area contributed by atoms with Crippen LogP contribution >= 0.6 is 0 Å². The van der Waals surface area contributed by atoms with Gasteiger partial charge in [0, 0.05) is 18.0 Å². The Labute approximate surface area is 140 Å². The SMILES string of the molecule is CCN(c1c(O)ccc(-c2cnc(C3CC3)[nH]2)c1F)S(=O)NC=O. The highest BCUT2D eigenvalue weighted by atomic mass is 32.2. The highest BCUT2D eigenvalue weighted by molar-refractivity contribution is 7.85. The first-order valence-electron chi connectivity index (χ1n) is 7.52. The molecule has 0 aliphatic heterocycles. The molecule has 0 radical (unpaired) electrons. The molecule has 1 amide bonds. The van der Waals surface area contributed by atoms with E-state index in [1.54, 1.807) is 13.1 Å². The first-order valence-corrected chi connectivity index (χ1v) is 8.63. The Bertz CT molecular complexity index is 791. The van der Waals surface area contributed by atoms with Crippen LogP contribution in [0.15, 0.2) is 18.3 Å². The molecule has 1 aromatic carbocycles. The number of imidazole rings is 1. The van der Waals surface area contributed by atoms with Crippen LogP contribution < -0.4 is 9.03 Å². The number of halogens is 1. The summed E-state index contributed by atoms with van der Waals surface area (Å²) < 4.78 is 30.1. The van der Waals surface area contributed by atoms with E-state index in [9.17, 15) is 18.5 Å². The normalized spacial score (nSPS) is 15.1. The third kappa shape index (κ3) is 2.99. The average Bonchev–Trinajstić information content (AvgIpc) is 3.30. The Kier molecular flexibility index (Phi) is 4.52. The van der Waals surface area contributed by atoms with E-state index in [1.807, 2.05) is 0 Å². The lowest BCUT2D eigenvalue weighted by Crippen LogP contribution is -2.35. The number of anilines is 1. The fourth-order valence-corrected chi connectivity index (χ4v) is 3.28. The number of aromatic nitrogens is 2. The number of phenols is 1. The van der Waals surface area contributed by atoms with E-state index in [4.69, 9.17) is 0 Å². The summed E-state index contributed by atoms with van der Waals surface area (Å²) in [6.45, 7) is 1.76. The summed E-state index contributed by atoms with van der Waals surface area (Å²) in [4.78, 5) is 17.8. The van der Waals surface area contributed by atoms with Crippen LogP contribution in [-0.4, -0.2) is 32.2 Å². The van der Waals surface area contributed by atoms with Gasteiger partial charge in [-0.3, -0.25) is 13.8 Å². The van der Waals surface area contributed by atoms with E-state index >= 15 is 0 Å². The molecule has 0 bridgehead atoms. The fourth-order valence-electron chi connectivity index (χ4n) is 2.50. The van der Waals surface area contributed by atoms with Crippen LogP contribution in [0.4, 0.5) is 10.1 Å². The van der Waals surface area contributed by atoms with Crippen molar-refractivity contribution in [3.05, 3.63) is 30.0 Å². The zero-order chi connectivity index (χ0) is 17.3. The van der Waals surface area contributed by atoms with Crippen molar-refractivity contribution >= 4 is 23.3 Å². The number of phenolic OH excluding ortho intramolecular Hbond substituents is 1. The number of carbonyl (C=O) groups excluding carboxylic acids is 1. The van der Waals surface area contributed by atoms with Crippen LogP contribution in [0.1, 0.15) is 31.5 Å². The number of nitrogens with one attached hydrogen (secondary N) is 2. The molecule has 1 atom stereocenters. The smallest absolute Gasteiger partial charge is 0.225 e. The minimum Gasteiger partial charge on any atom is -0.506 e. The van der Waals surface area contributed by atoms with Crippen molar-refractivity contribution in [1.82, 2.24) is 14.7 Å². The molecule has 2 aromatic rings. The molecule has 3 rings (SSSR count).